The summed E-state index contributed by atoms with van der Waals surface area (Å²) < 4.78 is 10.3. The van der Waals surface area contributed by atoms with E-state index >= 15 is 0 Å². The number of carbonyl (C=O) groups is 2. The molecule has 2 aromatic carbocycles. The molecule has 0 spiro atoms. The highest BCUT2D eigenvalue weighted by Gasteiger charge is 2.14. The first-order chi connectivity index (χ1) is 12.9. The van der Waals surface area contributed by atoms with Crippen molar-refractivity contribution in [3.05, 3.63) is 63.7 Å². The lowest BCUT2D eigenvalue weighted by Gasteiger charge is -2.10. The summed E-state index contributed by atoms with van der Waals surface area (Å²) in [4.78, 5) is 34.0. The van der Waals surface area contributed by atoms with Gasteiger partial charge in [0.1, 0.15) is 5.75 Å². The molecule has 0 bridgehead atoms. The molecule has 0 aliphatic heterocycles. The molecule has 0 aliphatic rings. The predicted molar refractivity (Wildman–Crippen MR) is 98.7 cm³/mol. The molecule has 1 N–H and O–H groups in total. The summed E-state index contributed by atoms with van der Waals surface area (Å²) >= 11 is 0. The van der Waals surface area contributed by atoms with E-state index in [9.17, 15) is 19.7 Å². The quantitative estimate of drug-likeness (QED) is 0.433. The van der Waals surface area contributed by atoms with E-state index in [2.05, 4.69) is 5.32 Å². The molecular weight excluding hydrogens is 352 g/mol. The highest BCUT2D eigenvalue weighted by molar-refractivity contribution is 5.93. The average Bonchev–Trinajstić information content (AvgIpc) is 2.66. The van der Waals surface area contributed by atoms with Crippen LogP contribution in [0.25, 0.3) is 0 Å². The van der Waals surface area contributed by atoms with Crippen LogP contribution in [0.4, 0.5) is 11.4 Å². The Morgan fingerprint density at radius 1 is 1.15 bits per heavy atom. The summed E-state index contributed by atoms with van der Waals surface area (Å²) in [5.41, 5.74) is 1.59. The van der Waals surface area contributed by atoms with Crippen LogP contribution < -0.4 is 10.1 Å². The topological polar surface area (TPSA) is 108 Å². The van der Waals surface area contributed by atoms with Crippen molar-refractivity contribution in [2.24, 2.45) is 0 Å². The molecule has 0 fully saturated rings. The average molecular weight is 372 g/mol. The van der Waals surface area contributed by atoms with Crippen LogP contribution in [0.1, 0.15) is 18.1 Å². The van der Waals surface area contributed by atoms with E-state index in [1.54, 1.807) is 19.1 Å². The zero-order valence-electron chi connectivity index (χ0n) is 15.1. The van der Waals surface area contributed by atoms with E-state index in [0.29, 0.717) is 11.3 Å². The zero-order valence-corrected chi connectivity index (χ0v) is 15.1. The molecule has 0 radical (unpaired) electrons. The molecule has 0 saturated heterocycles. The highest BCUT2D eigenvalue weighted by atomic mass is 16.6. The molecule has 0 saturated carbocycles. The molecule has 0 atom stereocenters. The number of para-hydroxylation sites is 1. The minimum Gasteiger partial charge on any atom is -0.482 e. The SMILES string of the molecule is CCc1ccccc1OCC(=O)OCC(=O)Nc1ccc(C)c([N+](=O)[O-])c1. The maximum absolute atomic E-state index is 11.9. The number of nitrogens with zero attached hydrogens (tertiary/aromatic N) is 1. The molecule has 142 valence electrons. The number of ether oxygens (including phenoxy) is 2. The maximum atomic E-state index is 11.9. The van der Waals surface area contributed by atoms with Crippen LogP contribution in [-0.4, -0.2) is 30.0 Å². The maximum Gasteiger partial charge on any atom is 0.344 e. The summed E-state index contributed by atoms with van der Waals surface area (Å²) in [6, 6.07) is 11.6. The summed E-state index contributed by atoms with van der Waals surface area (Å²) in [5, 5.41) is 13.4. The van der Waals surface area contributed by atoms with Crippen LogP contribution in [-0.2, 0) is 20.7 Å². The van der Waals surface area contributed by atoms with Crippen molar-refractivity contribution < 1.29 is 24.0 Å². The second kappa shape index (κ2) is 9.33. The van der Waals surface area contributed by atoms with E-state index in [0.717, 1.165) is 12.0 Å². The van der Waals surface area contributed by atoms with Gasteiger partial charge in [-0.2, -0.15) is 0 Å². The molecule has 0 heterocycles. The second-order valence-corrected chi connectivity index (χ2v) is 5.72. The van der Waals surface area contributed by atoms with Crippen molar-refractivity contribution >= 4 is 23.3 Å². The number of nitro groups is 1. The first-order valence-corrected chi connectivity index (χ1v) is 8.32. The zero-order chi connectivity index (χ0) is 19.8. The van der Waals surface area contributed by atoms with Gasteiger partial charge < -0.3 is 14.8 Å². The van der Waals surface area contributed by atoms with Crippen molar-refractivity contribution in [1.82, 2.24) is 0 Å². The fraction of sp³-hybridized carbons (Fsp3) is 0.263. The van der Waals surface area contributed by atoms with Gasteiger partial charge in [-0.1, -0.05) is 31.2 Å². The molecule has 1 amide bonds. The van der Waals surface area contributed by atoms with Gasteiger partial charge in [0.2, 0.25) is 0 Å². The standard InChI is InChI=1S/C19H20N2O6/c1-3-14-6-4-5-7-17(14)26-12-19(23)27-11-18(22)20-15-9-8-13(2)16(10-15)21(24)25/h4-10H,3,11-12H2,1-2H3,(H,20,22). The Balaban J connectivity index is 1.82. The molecule has 0 unspecified atom stereocenters. The first-order valence-electron chi connectivity index (χ1n) is 8.32. The number of nitro benzene ring substituents is 1. The van der Waals surface area contributed by atoms with Crippen molar-refractivity contribution in [1.29, 1.82) is 0 Å². The Morgan fingerprint density at radius 2 is 1.89 bits per heavy atom. The number of amides is 1. The van der Waals surface area contributed by atoms with Gasteiger partial charge in [-0.05, 0) is 31.0 Å². The van der Waals surface area contributed by atoms with E-state index in [4.69, 9.17) is 9.47 Å². The monoisotopic (exact) mass is 372 g/mol. The molecule has 27 heavy (non-hydrogen) atoms. The Morgan fingerprint density at radius 3 is 2.59 bits per heavy atom. The van der Waals surface area contributed by atoms with Crippen LogP contribution >= 0.6 is 0 Å². The van der Waals surface area contributed by atoms with Gasteiger partial charge in [0.15, 0.2) is 13.2 Å². The van der Waals surface area contributed by atoms with Gasteiger partial charge in [0, 0.05) is 17.3 Å². The van der Waals surface area contributed by atoms with Gasteiger partial charge in [-0.3, -0.25) is 14.9 Å². The molecule has 2 aromatic rings. The van der Waals surface area contributed by atoms with Gasteiger partial charge >= 0.3 is 5.97 Å². The first kappa shape index (κ1) is 19.9. The summed E-state index contributed by atoms with van der Waals surface area (Å²) in [7, 11) is 0. The lowest BCUT2D eigenvalue weighted by Crippen LogP contribution is -2.23. The Hall–Kier alpha value is -3.42. The molecular formula is C19H20N2O6. The van der Waals surface area contributed by atoms with E-state index < -0.39 is 23.4 Å². The number of anilines is 1. The second-order valence-electron chi connectivity index (χ2n) is 5.72. The summed E-state index contributed by atoms with van der Waals surface area (Å²) in [6.07, 6.45) is 0.760. The fourth-order valence-corrected chi connectivity index (χ4v) is 2.34. The molecule has 8 nitrogen and oxygen atoms in total. The van der Waals surface area contributed by atoms with Crippen LogP contribution in [0.15, 0.2) is 42.5 Å². The number of aryl methyl sites for hydroxylation is 2. The van der Waals surface area contributed by atoms with Gasteiger partial charge in [-0.25, -0.2) is 4.79 Å². The number of nitrogens with one attached hydrogen (secondary N) is 1. The third-order valence-electron chi connectivity index (χ3n) is 3.75. The van der Waals surface area contributed by atoms with Gasteiger partial charge in [0.05, 0.1) is 4.92 Å². The number of rotatable bonds is 8. The summed E-state index contributed by atoms with van der Waals surface area (Å²) in [6.45, 7) is 2.74. The molecule has 0 aliphatic carbocycles. The number of carbonyl (C=O) groups excluding carboxylic acids is 2. The number of hydrogen-bond acceptors (Lipinski definition) is 6. The smallest absolute Gasteiger partial charge is 0.344 e. The minimum atomic E-state index is -0.689. The molecule has 2 rings (SSSR count). The Bertz CT molecular complexity index is 850. The van der Waals surface area contributed by atoms with Crippen LogP contribution in [0.5, 0.6) is 5.75 Å². The van der Waals surface area contributed by atoms with Gasteiger partial charge in [0.25, 0.3) is 11.6 Å². The largest absolute Gasteiger partial charge is 0.482 e. The summed E-state index contributed by atoms with van der Waals surface area (Å²) in [5.74, 6) is -0.699. The molecule has 0 aromatic heterocycles. The minimum absolute atomic E-state index is 0.104. The van der Waals surface area contributed by atoms with E-state index in [-0.39, 0.29) is 18.0 Å². The van der Waals surface area contributed by atoms with Crippen LogP contribution in [0.3, 0.4) is 0 Å². The number of esters is 1. The number of benzene rings is 2. The molecule has 8 heteroatoms. The lowest BCUT2D eigenvalue weighted by molar-refractivity contribution is -0.385. The van der Waals surface area contributed by atoms with E-state index in [1.807, 2.05) is 19.1 Å². The van der Waals surface area contributed by atoms with Crippen molar-refractivity contribution in [3.8, 4) is 5.75 Å². The van der Waals surface area contributed by atoms with Crippen molar-refractivity contribution in [3.63, 3.8) is 0 Å². The van der Waals surface area contributed by atoms with Gasteiger partial charge in [-0.15, -0.1) is 0 Å². The normalized spacial score (nSPS) is 10.1. The Labute approximate surface area is 156 Å². The number of hydrogen-bond donors (Lipinski definition) is 1. The van der Waals surface area contributed by atoms with Crippen LogP contribution in [0.2, 0.25) is 0 Å². The highest BCUT2D eigenvalue weighted by Crippen LogP contribution is 2.22. The van der Waals surface area contributed by atoms with Crippen LogP contribution in [0, 0.1) is 17.0 Å². The fourth-order valence-electron chi connectivity index (χ4n) is 2.34. The lowest BCUT2D eigenvalue weighted by atomic mass is 10.1. The predicted octanol–water partition coefficient (Wildman–Crippen LogP) is 3.03. The van der Waals surface area contributed by atoms with Crippen molar-refractivity contribution in [2.75, 3.05) is 18.5 Å². The van der Waals surface area contributed by atoms with Crippen molar-refractivity contribution in [2.45, 2.75) is 20.3 Å². The third kappa shape index (κ3) is 5.81. The Kier molecular flexibility index (Phi) is 6.87. The van der Waals surface area contributed by atoms with E-state index in [1.165, 1.54) is 18.2 Å². The third-order valence-corrected chi connectivity index (χ3v) is 3.75.